The number of ether oxygens (including phenoxy) is 2. The molecule has 1 fully saturated rings. The molecule has 32 heavy (non-hydrogen) atoms. The highest BCUT2D eigenvalue weighted by molar-refractivity contribution is 7.90. The van der Waals surface area contributed by atoms with Crippen molar-refractivity contribution in [1.82, 2.24) is 9.88 Å². The first-order valence-corrected chi connectivity index (χ1v) is 12.7. The monoisotopic (exact) mass is 450 g/mol. The first kappa shape index (κ1) is 21.0. The third kappa shape index (κ3) is 4.36. The molecule has 0 amide bonds. The van der Waals surface area contributed by atoms with Crippen LogP contribution < -0.4 is 9.47 Å². The van der Waals surface area contributed by atoms with Crippen LogP contribution in [0.2, 0.25) is 0 Å². The average Bonchev–Trinajstić information content (AvgIpc) is 3.27. The lowest BCUT2D eigenvalue weighted by molar-refractivity contribution is 0.170. The van der Waals surface area contributed by atoms with Crippen molar-refractivity contribution in [3.63, 3.8) is 0 Å². The Labute approximate surface area is 188 Å². The van der Waals surface area contributed by atoms with Crippen molar-refractivity contribution >= 4 is 9.84 Å². The van der Waals surface area contributed by atoms with Crippen LogP contribution in [0.25, 0.3) is 11.1 Å². The van der Waals surface area contributed by atoms with Crippen LogP contribution in [0.4, 0.5) is 0 Å². The van der Waals surface area contributed by atoms with Gasteiger partial charge in [-0.2, -0.15) is 0 Å². The second-order valence-corrected chi connectivity index (χ2v) is 10.4. The fourth-order valence-corrected chi connectivity index (χ4v) is 5.07. The Morgan fingerprint density at radius 3 is 2.53 bits per heavy atom. The number of likely N-dealkylation sites (tertiary alicyclic amines) is 1. The van der Waals surface area contributed by atoms with Crippen LogP contribution in [0.5, 0.6) is 11.5 Å². The number of aromatic nitrogens is 1. The maximum atomic E-state index is 11.8. The number of benzene rings is 2. The molecule has 0 saturated carbocycles. The molecule has 1 saturated heterocycles. The molecule has 3 heterocycles. The lowest BCUT2D eigenvalue weighted by atomic mass is 10.0. The summed E-state index contributed by atoms with van der Waals surface area (Å²) in [5.74, 6) is 1.67. The number of pyridine rings is 1. The van der Waals surface area contributed by atoms with Crippen molar-refractivity contribution in [1.29, 1.82) is 0 Å². The second-order valence-electron chi connectivity index (χ2n) is 8.41. The number of nitrogens with zero attached hydrogens (tertiary/aromatic N) is 2. The van der Waals surface area contributed by atoms with Gasteiger partial charge in [0.25, 0.3) is 0 Å². The summed E-state index contributed by atoms with van der Waals surface area (Å²) in [5, 5.41) is 0. The predicted molar refractivity (Wildman–Crippen MR) is 123 cm³/mol. The molecule has 0 spiro atoms. The highest BCUT2D eigenvalue weighted by atomic mass is 32.2. The van der Waals surface area contributed by atoms with E-state index < -0.39 is 9.84 Å². The molecule has 1 aromatic heterocycles. The first-order valence-electron chi connectivity index (χ1n) is 10.9. The van der Waals surface area contributed by atoms with Gasteiger partial charge in [-0.3, -0.25) is 9.88 Å². The lowest BCUT2D eigenvalue weighted by Gasteiger charge is -2.26. The summed E-state index contributed by atoms with van der Waals surface area (Å²) in [6.07, 6.45) is 6.58. The summed E-state index contributed by atoms with van der Waals surface area (Å²) in [6, 6.07) is 16.6. The maximum Gasteiger partial charge on any atom is 0.177 e. The largest absolute Gasteiger partial charge is 0.486 e. The first-order chi connectivity index (χ1) is 15.5. The molecule has 2 aliphatic rings. The fraction of sp³-hybridized carbons (Fsp3) is 0.320. The zero-order valence-electron chi connectivity index (χ0n) is 18.0. The van der Waals surface area contributed by atoms with E-state index in [1.54, 1.807) is 12.3 Å². The van der Waals surface area contributed by atoms with Crippen LogP contribution in [0, 0.1) is 0 Å². The minimum Gasteiger partial charge on any atom is -0.486 e. The number of rotatable bonds is 5. The molecule has 0 radical (unpaired) electrons. The standard InChI is InChI=1S/C25H26N2O4S/c1-32(28,29)22-13-21(15-26-16-22)19-6-4-18(5-7-19)17-27-10-2-3-23(27)20-8-9-24-25(14-20)31-12-11-30-24/h4-9,13-16,23H,2-3,10-12,17H2,1H3. The molecular weight excluding hydrogens is 424 g/mol. The molecule has 6 nitrogen and oxygen atoms in total. The highest BCUT2D eigenvalue weighted by Gasteiger charge is 2.27. The Hall–Kier alpha value is -2.90. The third-order valence-electron chi connectivity index (χ3n) is 6.13. The summed E-state index contributed by atoms with van der Waals surface area (Å²) >= 11 is 0. The van der Waals surface area contributed by atoms with Crippen molar-refractivity contribution in [2.45, 2.75) is 30.3 Å². The van der Waals surface area contributed by atoms with Gasteiger partial charge in [-0.05, 0) is 54.3 Å². The highest BCUT2D eigenvalue weighted by Crippen LogP contribution is 2.38. The molecule has 0 aliphatic carbocycles. The zero-order chi connectivity index (χ0) is 22.1. The van der Waals surface area contributed by atoms with Crippen LogP contribution in [0.1, 0.15) is 30.0 Å². The molecular formula is C25H26N2O4S. The van der Waals surface area contributed by atoms with Gasteiger partial charge < -0.3 is 9.47 Å². The average molecular weight is 451 g/mol. The van der Waals surface area contributed by atoms with E-state index >= 15 is 0 Å². The van der Waals surface area contributed by atoms with Gasteiger partial charge in [0.05, 0.1) is 4.90 Å². The van der Waals surface area contributed by atoms with Crippen molar-refractivity contribution in [2.24, 2.45) is 0 Å². The minimum atomic E-state index is -3.28. The van der Waals surface area contributed by atoms with Gasteiger partial charge in [0.2, 0.25) is 0 Å². The van der Waals surface area contributed by atoms with Gasteiger partial charge in [-0.1, -0.05) is 30.3 Å². The molecule has 1 atom stereocenters. The van der Waals surface area contributed by atoms with Crippen LogP contribution in [0.15, 0.2) is 65.8 Å². The summed E-state index contributed by atoms with van der Waals surface area (Å²) in [7, 11) is -3.28. The van der Waals surface area contributed by atoms with Crippen LogP contribution in [-0.4, -0.2) is 44.3 Å². The Balaban J connectivity index is 1.32. The molecule has 5 rings (SSSR count). The fourth-order valence-electron chi connectivity index (χ4n) is 4.48. The van der Waals surface area contributed by atoms with Gasteiger partial charge in [0.1, 0.15) is 13.2 Å². The number of fused-ring (bicyclic) bond motifs is 1. The van der Waals surface area contributed by atoms with Crippen LogP contribution >= 0.6 is 0 Å². The summed E-state index contributed by atoms with van der Waals surface area (Å²) in [5.41, 5.74) is 4.25. The predicted octanol–water partition coefficient (Wildman–Crippen LogP) is 4.26. The maximum absolute atomic E-state index is 11.8. The van der Waals surface area contributed by atoms with E-state index in [9.17, 15) is 8.42 Å². The van der Waals surface area contributed by atoms with E-state index in [4.69, 9.17) is 9.47 Å². The summed E-state index contributed by atoms with van der Waals surface area (Å²) < 4.78 is 35.1. The molecule has 7 heteroatoms. The van der Waals surface area contributed by atoms with Crippen molar-refractivity contribution in [3.8, 4) is 22.6 Å². The Morgan fingerprint density at radius 2 is 1.75 bits per heavy atom. The number of sulfone groups is 1. The van der Waals surface area contributed by atoms with E-state index in [1.165, 1.54) is 30.0 Å². The molecule has 0 N–H and O–H groups in total. The van der Waals surface area contributed by atoms with Gasteiger partial charge in [-0.15, -0.1) is 0 Å². The molecule has 1 unspecified atom stereocenters. The SMILES string of the molecule is CS(=O)(=O)c1cncc(-c2ccc(CN3CCCC3c3ccc4c(c3)OCCO4)cc2)c1. The van der Waals surface area contributed by atoms with Gasteiger partial charge in [-0.25, -0.2) is 8.42 Å². The van der Waals surface area contributed by atoms with E-state index in [1.807, 2.05) is 18.2 Å². The smallest absolute Gasteiger partial charge is 0.177 e. The topological polar surface area (TPSA) is 68.7 Å². The number of hydrogen-bond donors (Lipinski definition) is 0. The second kappa shape index (κ2) is 8.56. The Bertz CT molecular complexity index is 1220. The van der Waals surface area contributed by atoms with Crippen molar-refractivity contribution in [2.75, 3.05) is 26.0 Å². The van der Waals surface area contributed by atoms with E-state index in [0.717, 1.165) is 42.1 Å². The molecule has 3 aromatic rings. The minimum absolute atomic E-state index is 0.235. The molecule has 0 bridgehead atoms. The molecule has 2 aromatic carbocycles. The molecule has 2 aliphatic heterocycles. The van der Waals surface area contributed by atoms with E-state index in [-0.39, 0.29) is 4.90 Å². The third-order valence-corrected chi connectivity index (χ3v) is 7.21. The Morgan fingerprint density at radius 1 is 0.969 bits per heavy atom. The molecule has 166 valence electrons. The van der Waals surface area contributed by atoms with Gasteiger partial charge in [0, 0.05) is 36.8 Å². The van der Waals surface area contributed by atoms with E-state index in [0.29, 0.717) is 19.3 Å². The zero-order valence-corrected chi connectivity index (χ0v) is 18.8. The quantitative estimate of drug-likeness (QED) is 0.579. The van der Waals surface area contributed by atoms with Gasteiger partial charge >= 0.3 is 0 Å². The van der Waals surface area contributed by atoms with E-state index in [2.05, 4.69) is 34.1 Å². The van der Waals surface area contributed by atoms with Crippen molar-refractivity contribution < 1.29 is 17.9 Å². The van der Waals surface area contributed by atoms with Gasteiger partial charge in [0.15, 0.2) is 21.3 Å². The number of hydrogen-bond acceptors (Lipinski definition) is 6. The summed E-state index contributed by atoms with van der Waals surface area (Å²) in [4.78, 5) is 6.84. The summed E-state index contributed by atoms with van der Waals surface area (Å²) in [6.45, 7) is 3.12. The van der Waals surface area contributed by atoms with Crippen LogP contribution in [0.3, 0.4) is 0 Å². The van der Waals surface area contributed by atoms with Crippen molar-refractivity contribution in [3.05, 3.63) is 72.1 Å². The normalized spacial score (nSPS) is 18.6. The Kier molecular flexibility index (Phi) is 5.61. The lowest BCUT2D eigenvalue weighted by Crippen LogP contribution is -2.23. The van der Waals surface area contributed by atoms with Crippen LogP contribution in [-0.2, 0) is 16.4 Å².